The molecule has 0 unspecified atom stereocenters. The van der Waals surface area contributed by atoms with Gasteiger partial charge in [-0.3, -0.25) is 9.69 Å². The number of likely N-dealkylation sites (tertiary alicyclic amines) is 1. The summed E-state index contributed by atoms with van der Waals surface area (Å²) in [5, 5.41) is 3.86. The van der Waals surface area contributed by atoms with Gasteiger partial charge in [-0.05, 0) is 37.6 Å². The van der Waals surface area contributed by atoms with E-state index in [1.54, 1.807) is 24.4 Å². The molecule has 3 aromatic rings. The highest BCUT2D eigenvalue weighted by molar-refractivity contribution is 6.36. The lowest BCUT2D eigenvalue weighted by molar-refractivity contribution is -0.120. The quantitative estimate of drug-likeness (QED) is 0.617. The van der Waals surface area contributed by atoms with Crippen LogP contribution in [-0.2, 0) is 11.3 Å². The van der Waals surface area contributed by atoms with Crippen molar-refractivity contribution in [1.29, 1.82) is 0 Å². The number of carbonyl (C=O) groups is 1. The van der Waals surface area contributed by atoms with Crippen LogP contribution in [0, 0.1) is 0 Å². The van der Waals surface area contributed by atoms with Gasteiger partial charge in [-0.1, -0.05) is 53.5 Å². The Labute approximate surface area is 173 Å². The molecule has 144 valence electrons. The second kappa shape index (κ2) is 8.35. The van der Waals surface area contributed by atoms with E-state index in [1.165, 1.54) is 0 Å². The SMILES string of the molecule is O=C(Nc1ccc(Cl)cc1Cl)[C@@H]1CCCN1Cc1ncc(-c2ccccc2)o1. The molecule has 1 atom stereocenters. The van der Waals surface area contributed by atoms with E-state index in [9.17, 15) is 4.79 Å². The number of amides is 1. The van der Waals surface area contributed by atoms with Crippen LogP contribution >= 0.6 is 23.2 Å². The van der Waals surface area contributed by atoms with Crippen molar-refractivity contribution in [2.75, 3.05) is 11.9 Å². The molecule has 0 radical (unpaired) electrons. The molecule has 2 aromatic carbocycles. The van der Waals surface area contributed by atoms with Gasteiger partial charge >= 0.3 is 0 Å². The fourth-order valence-electron chi connectivity index (χ4n) is 3.41. The van der Waals surface area contributed by atoms with Crippen LogP contribution in [0.3, 0.4) is 0 Å². The van der Waals surface area contributed by atoms with Gasteiger partial charge in [0, 0.05) is 10.6 Å². The van der Waals surface area contributed by atoms with Gasteiger partial charge in [-0.2, -0.15) is 0 Å². The number of benzene rings is 2. The Morgan fingerprint density at radius 1 is 1.21 bits per heavy atom. The maximum absolute atomic E-state index is 12.8. The van der Waals surface area contributed by atoms with Gasteiger partial charge in [0.25, 0.3) is 0 Å². The molecule has 7 heteroatoms. The zero-order chi connectivity index (χ0) is 19.5. The number of aromatic nitrogens is 1. The first kappa shape index (κ1) is 19.0. The molecule has 1 aromatic heterocycles. The van der Waals surface area contributed by atoms with E-state index in [0.717, 1.165) is 30.7 Å². The molecule has 28 heavy (non-hydrogen) atoms. The molecule has 1 amide bonds. The molecule has 1 fully saturated rings. The van der Waals surface area contributed by atoms with Crippen molar-refractivity contribution >= 4 is 34.8 Å². The van der Waals surface area contributed by atoms with E-state index in [1.807, 2.05) is 30.3 Å². The third kappa shape index (κ3) is 4.22. The van der Waals surface area contributed by atoms with Crippen LogP contribution in [-0.4, -0.2) is 28.4 Å². The minimum absolute atomic E-state index is 0.0865. The zero-order valence-electron chi connectivity index (χ0n) is 15.1. The van der Waals surface area contributed by atoms with Gasteiger partial charge in [-0.15, -0.1) is 0 Å². The van der Waals surface area contributed by atoms with Gasteiger partial charge < -0.3 is 9.73 Å². The summed E-state index contributed by atoms with van der Waals surface area (Å²) in [5.74, 6) is 1.24. The van der Waals surface area contributed by atoms with Gasteiger partial charge in [-0.25, -0.2) is 4.98 Å². The smallest absolute Gasteiger partial charge is 0.241 e. The van der Waals surface area contributed by atoms with Crippen molar-refractivity contribution in [3.05, 3.63) is 70.7 Å². The minimum atomic E-state index is -0.251. The summed E-state index contributed by atoms with van der Waals surface area (Å²) in [4.78, 5) is 19.2. The highest BCUT2D eigenvalue weighted by Crippen LogP contribution is 2.28. The predicted molar refractivity (Wildman–Crippen MR) is 110 cm³/mol. The summed E-state index contributed by atoms with van der Waals surface area (Å²) in [6.07, 6.45) is 3.45. The number of halogens is 2. The Bertz CT molecular complexity index is 975. The first-order chi connectivity index (χ1) is 13.6. The molecule has 2 heterocycles. The Hall–Kier alpha value is -2.34. The third-order valence-electron chi connectivity index (χ3n) is 4.81. The first-order valence-electron chi connectivity index (χ1n) is 9.10. The van der Waals surface area contributed by atoms with Crippen molar-refractivity contribution in [3.8, 4) is 11.3 Å². The molecule has 0 bridgehead atoms. The molecule has 0 saturated carbocycles. The maximum atomic E-state index is 12.8. The van der Waals surface area contributed by atoms with Crippen LogP contribution < -0.4 is 5.32 Å². The van der Waals surface area contributed by atoms with E-state index in [-0.39, 0.29) is 11.9 Å². The molecular formula is C21H19Cl2N3O2. The highest BCUT2D eigenvalue weighted by atomic mass is 35.5. The van der Waals surface area contributed by atoms with Crippen LogP contribution in [0.25, 0.3) is 11.3 Å². The highest BCUT2D eigenvalue weighted by Gasteiger charge is 2.32. The lowest BCUT2D eigenvalue weighted by Crippen LogP contribution is -2.39. The molecule has 1 aliphatic heterocycles. The van der Waals surface area contributed by atoms with Crippen molar-refractivity contribution in [2.45, 2.75) is 25.4 Å². The van der Waals surface area contributed by atoms with Gasteiger partial charge in [0.05, 0.1) is 29.5 Å². The average molecular weight is 416 g/mol. The number of carbonyl (C=O) groups excluding carboxylic acids is 1. The molecule has 0 spiro atoms. The Balaban J connectivity index is 1.43. The van der Waals surface area contributed by atoms with Crippen LogP contribution in [0.1, 0.15) is 18.7 Å². The first-order valence-corrected chi connectivity index (χ1v) is 9.86. The number of nitrogens with zero attached hydrogens (tertiary/aromatic N) is 2. The Morgan fingerprint density at radius 2 is 2.04 bits per heavy atom. The topological polar surface area (TPSA) is 58.4 Å². The number of rotatable bonds is 5. The maximum Gasteiger partial charge on any atom is 0.241 e. The minimum Gasteiger partial charge on any atom is -0.439 e. The van der Waals surface area contributed by atoms with Crippen molar-refractivity contribution in [1.82, 2.24) is 9.88 Å². The zero-order valence-corrected chi connectivity index (χ0v) is 16.6. The summed E-state index contributed by atoms with van der Waals surface area (Å²) >= 11 is 12.1. The summed E-state index contributed by atoms with van der Waals surface area (Å²) in [7, 11) is 0. The van der Waals surface area contributed by atoms with Crippen molar-refractivity contribution in [3.63, 3.8) is 0 Å². The molecule has 1 N–H and O–H groups in total. The van der Waals surface area contributed by atoms with Crippen LogP contribution in [0.5, 0.6) is 0 Å². The number of hydrogen-bond acceptors (Lipinski definition) is 4. The third-order valence-corrected chi connectivity index (χ3v) is 5.35. The molecular weight excluding hydrogens is 397 g/mol. The normalized spacial score (nSPS) is 17.0. The van der Waals surface area contributed by atoms with E-state index in [4.69, 9.17) is 27.6 Å². The van der Waals surface area contributed by atoms with Gasteiger partial charge in [0.2, 0.25) is 11.8 Å². The number of hydrogen-bond donors (Lipinski definition) is 1. The summed E-state index contributed by atoms with van der Waals surface area (Å²) < 4.78 is 5.89. The van der Waals surface area contributed by atoms with E-state index >= 15 is 0 Å². The summed E-state index contributed by atoms with van der Waals surface area (Å²) in [5.41, 5.74) is 1.54. The average Bonchev–Trinajstić information content (AvgIpc) is 3.35. The fraction of sp³-hybridized carbons (Fsp3) is 0.238. The number of oxazole rings is 1. The second-order valence-corrected chi connectivity index (χ2v) is 7.57. The van der Waals surface area contributed by atoms with Gasteiger partial charge in [0.15, 0.2) is 5.76 Å². The van der Waals surface area contributed by atoms with E-state index in [0.29, 0.717) is 28.2 Å². The van der Waals surface area contributed by atoms with Gasteiger partial charge in [0.1, 0.15) is 0 Å². The second-order valence-electron chi connectivity index (χ2n) is 6.73. The molecule has 5 nitrogen and oxygen atoms in total. The lowest BCUT2D eigenvalue weighted by Gasteiger charge is -2.22. The largest absolute Gasteiger partial charge is 0.439 e. The van der Waals surface area contributed by atoms with E-state index < -0.39 is 0 Å². The number of anilines is 1. The fourth-order valence-corrected chi connectivity index (χ4v) is 3.87. The van der Waals surface area contributed by atoms with Crippen molar-refractivity contribution < 1.29 is 9.21 Å². The van der Waals surface area contributed by atoms with Crippen molar-refractivity contribution in [2.24, 2.45) is 0 Å². The van der Waals surface area contributed by atoms with E-state index in [2.05, 4.69) is 15.2 Å². The molecule has 0 aliphatic carbocycles. The Kier molecular flexibility index (Phi) is 5.67. The molecule has 1 aliphatic rings. The summed E-state index contributed by atoms with van der Waals surface area (Å²) in [6.45, 7) is 1.30. The predicted octanol–water partition coefficient (Wildman–Crippen LogP) is 5.25. The van der Waals surface area contributed by atoms with Crippen LogP contribution in [0.15, 0.2) is 59.1 Å². The van der Waals surface area contributed by atoms with Crippen LogP contribution in [0.2, 0.25) is 10.0 Å². The molecule has 4 rings (SSSR count). The summed E-state index contributed by atoms with van der Waals surface area (Å²) in [6, 6.07) is 14.6. The Morgan fingerprint density at radius 3 is 2.82 bits per heavy atom. The lowest BCUT2D eigenvalue weighted by atomic mass is 10.2. The standard InChI is InChI=1S/C21H19Cl2N3O2/c22-15-8-9-17(16(23)11-15)25-21(27)18-7-4-10-26(18)13-20-24-12-19(28-20)14-5-2-1-3-6-14/h1-3,5-6,8-9,11-12,18H,4,7,10,13H2,(H,25,27)/t18-/m0/s1. The van der Waals surface area contributed by atoms with Crippen LogP contribution in [0.4, 0.5) is 5.69 Å². The number of nitrogens with one attached hydrogen (secondary N) is 1. The molecule has 1 saturated heterocycles. The monoisotopic (exact) mass is 415 g/mol.